The lowest BCUT2D eigenvalue weighted by atomic mass is 9.93. The maximum Gasteiger partial charge on any atom is 0.434 e. The van der Waals surface area contributed by atoms with Crippen molar-refractivity contribution in [3.63, 3.8) is 0 Å². The minimum absolute atomic E-state index is 0.0346. The highest BCUT2D eigenvalue weighted by molar-refractivity contribution is 5.95. The summed E-state index contributed by atoms with van der Waals surface area (Å²) in [6, 6.07) is 15.8. The zero-order valence-electron chi connectivity index (χ0n) is 20.3. The van der Waals surface area contributed by atoms with E-state index in [1.165, 1.54) is 6.07 Å². The number of rotatable bonds is 6. The van der Waals surface area contributed by atoms with Gasteiger partial charge in [0.2, 0.25) is 5.91 Å². The third-order valence-electron chi connectivity index (χ3n) is 6.68. The standard InChI is InChI=1S/C27H29F3N4O2/c1-3-21(19-10-5-4-6-11-19)26(36)33-15-13-20(14-16-33)32-25(35)22-17-31-34(24(22)27(28,29)30)23-12-8-7-9-18(23)2/h4-12,17,20-21H,3,13-16H2,1-2H3,(H,32,35)/t21-/m1/s1. The summed E-state index contributed by atoms with van der Waals surface area (Å²) < 4.78 is 42.8. The molecule has 1 aliphatic rings. The topological polar surface area (TPSA) is 67.2 Å². The van der Waals surface area contributed by atoms with Crippen LogP contribution >= 0.6 is 0 Å². The van der Waals surface area contributed by atoms with Crippen molar-refractivity contribution in [2.24, 2.45) is 0 Å². The molecule has 0 radical (unpaired) electrons. The van der Waals surface area contributed by atoms with Crippen molar-refractivity contribution < 1.29 is 22.8 Å². The molecule has 2 amide bonds. The molecule has 1 atom stereocenters. The Morgan fingerprint density at radius 1 is 1.06 bits per heavy atom. The van der Waals surface area contributed by atoms with Crippen LogP contribution in [0.25, 0.3) is 5.69 Å². The zero-order chi connectivity index (χ0) is 25.9. The molecule has 6 nitrogen and oxygen atoms in total. The number of alkyl halides is 3. The number of aromatic nitrogens is 2. The van der Waals surface area contributed by atoms with Gasteiger partial charge in [-0.1, -0.05) is 55.5 Å². The smallest absolute Gasteiger partial charge is 0.349 e. The molecule has 1 fully saturated rings. The van der Waals surface area contributed by atoms with Gasteiger partial charge < -0.3 is 10.2 Å². The number of nitrogens with one attached hydrogen (secondary N) is 1. The summed E-state index contributed by atoms with van der Waals surface area (Å²) in [4.78, 5) is 27.8. The highest BCUT2D eigenvalue weighted by atomic mass is 19.4. The van der Waals surface area contributed by atoms with Crippen LogP contribution in [0.1, 0.15) is 59.3 Å². The first-order valence-electron chi connectivity index (χ1n) is 12.1. The molecule has 1 aromatic heterocycles. The van der Waals surface area contributed by atoms with Crippen molar-refractivity contribution >= 4 is 11.8 Å². The van der Waals surface area contributed by atoms with E-state index in [0.717, 1.165) is 16.4 Å². The normalized spacial score (nSPS) is 15.5. The summed E-state index contributed by atoms with van der Waals surface area (Å²) in [6.07, 6.45) is -2.20. The second-order valence-corrected chi connectivity index (χ2v) is 9.05. The van der Waals surface area contributed by atoms with Crippen LogP contribution in [0.3, 0.4) is 0 Å². The number of carbonyl (C=O) groups is 2. The minimum atomic E-state index is -4.77. The molecule has 190 valence electrons. The van der Waals surface area contributed by atoms with Gasteiger partial charge in [-0.2, -0.15) is 18.3 Å². The van der Waals surface area contributed by atoms with Gasteiger partial charge in [-0.15, -0.1) is 0 Å². The van der Waals surface area contributed by atoms with Gasteiger partial charge in [-0.25, -0.2) is 4.68 Å². The van der Waals surface area contributed by atoms with Gasteiger partial charge in [0, 0.05) is 19.1 Å². The van der Waals surface area contributed by atoms with Crippen LogP contribution in [0.2, 0.25) is 0 Å². The van der Waals surface area contributed by atoms with E-state index in [-0.39, 0.29) is 23.6 Å². The van der Waals surface area contributed by atoms with Crippen molar-refractivity contribution in [2.45, 2.75) is 51.2 Å². The van der Waals surface area contributed by atoms with Crippen LogP contribution in [-0.4, -0.2) is 45.6 Å². The lowest BCUT2D eigenvalue weighted by molar-refractivity contribution is -0.143. The number of carbonyl (C=O) groups excluding carboxylic acids is 2. The molecule has 1 N–H and O–H groups in total. The van der Waals surface area contributed by atoms with Crippen LogP contribution in [0.4, 0.5) is 13.2 Å². The maximum absolute atomic E-state index is 14.0. The number of hydrogen-bond donors (Lipinski definition) is 1. The van der Waals surface area contributed by atoms with Crippen molar-refractivity contribution in [1.82, 2.24) is 20.0 Å². The predicted molar refractivity (Wildman–Crippen MR) is 130 cm³/mol. The van der Waals surface area contributed by atoms with Crippen molar-refractivity contribution in [3.05, 3.63) is 83.2 Å². The van der Waals surface area contributed by atoms with Crippen LogP contribution < -0.4 is 5.32 Å². The van der Waals surface area contributed by atoms with Gasteiger partial charge in [0.25, 0.3) is 5.91 Å². The van der Waals surface area contributed by atoms with Gasteiger partial charge in [0.05, 0.1) is 23.4 Å². The number of nitrogens with zero attached hydrogens (tertiary/aromatic N) is 3. The molecule has 0 bridgehead atoms. The number of halogens is 3. The van der Waals surface area contributed by atoms with E-state index < -0.39 is 23.3 Å². The summed E-state index contributed by atoms with van der Waals surface area (Å²) in [6.45, 7) is 4.52. The highest BCUT2D eigenvalue weighted by Crippen LogP contribution is 2.34. The van der Waals surface area contributed by atoms with Gasteiger partial charge >= 0.3 is 6.18 Å². The number of amides is 2. The Hall–Kier alpha value is -3.62. The Labute approximate surface area is 208 Å². The van der Waals surface area contributed by atoms with Crippen molar-refractivity contribution in [1.29, 1.82) is 0 Å². The molecule has 2 heterocycles. The molecule has 3 aromatic rings. The summed E-state index contributed by atoms with van der Waals surface area (Å²) >= 11 is 0. The lowest BCUT2D eigenvalue weighted by Crippen LogP contribution is -2.47. The lowest BCUT2D eigenvalue weighted by Gasteiger charge is -2.34. The van der Waals surface area contributed by atoms with Crippen molar-refractivity contribution in [3.8, 4) is 5.69 Å². The fourth-order valence-electron chi connectivity index (χ4n) is 4.74. The van der Waals surface area contributed by atoms with Crippen LogP contribution in [-0.2, 0) is 11.0 Å². The number of likely N-dealkylation sites (tertiary alicyclic amines) is 1. The average Bonchev–Trinajstić information content (AvgIpc) is 3.32. The number of para-hydroxylation sites is 1. The first-order valence-corrected chi connectivity index (χ1v) is 12.1. The highest BCUT2D eigenvalue weighted by Gasteiger charge is 2.41. The van der Waals surface area contributed by atoms with E-state index in [2.05, 4.69) is 10.4 Å². The predicted octanol–water partition coefficient (Wildman–Crippen LogP) is 5.11. The summed E-state index contributed by atoms with van der Waals surface area (Å²) in [5, 5.41) is 6.63. The monoisotopic (exact) mass is 498 g/mol. The maximum atomic E-state index is 14.0. The number of piperidine rings is 1. The molecule has 0 saturated carbocycles. The summed E-state index contributed by atoms with van der Waals surface area (Å²) in [5.74, 6) is -1.02. The summed E-state index contributed by atoms with van der Waals surface area (Å²) in [5.41, 5.74) is 0.219. The fourth-order valence-corrected chi connectivity index (χ4v) is 4.74. The summed E-state index contributed by atoms with van der Waals surface area (Å²) in [7, 11) is 0. The number of hydrogen-bond acceptors (Lipinski definition) is 3. The number of benzene rings is 2. The van der Waals surface area contributed by atoms with Crippen LogP contribution in [0.5, 0.6) is 0 Å². The molecule has 1 saturated heterocycles. The molecular formula is C27H29F3N4O2. The molecule has 1 aliphatic heterocycles. The quantitative estimate of drug-likeness (QED) is 0.513. The minimum Gasteiger partial charge on any atom is -0.349 e. The fraction of sp³-hybridized carbons (Fsp3) is 0.370. The molecule has 36 heavy (non-hydrogen) atoms. The SMILES string of the molecule is CC[C@@H](C(=O)N1CCC(NC(=O)c2cnn(-c3ccccc3C)c2C(F)(F)F)CC1)c1ccccc1. The van der Waals surface area contributed by atoms with Crippen molar-refractivity contribution in [2.75, 3.05) is 13.1 Å². The van der Waals surface area contributed by atoms with Crippen LogP contribution in [0, 0.1) is 6.92 Å². The molecule has 4 rings (SSSR count). The first-order chi connectivity index (χ1) is 17.2. The molecular weight excluding hydrogens is 469 g/mol. The van der Waals surface area contributed by atoms with Gasteiger partial charge in [0.15, 0.2) is 5.69 Å². The Kier molecular flexibility index (Phi) is 7.47. The Balaban J connectivity index is 1.45. The van der Waals surface area contributed by atoms with E-state index in [1.54, 1.807) is 30.0 Å². The Bertz CT molecular complexity index is 1220. The third kappa shape index (κ3) is 5.29. The van der Waals surface area contributed by atoms with Gasteiger partial charge in [0.1, 0.15) is 0 Å². The molecule has 0 spiro atoms. The van der Waals surface area contributed by atoms with E-state index >= 15 is 0 Å². The van der Waals surface area contributed by atoms with E-state index in [4.69, 9.17) is 0 Å². The second-order valence-electron chi connectivity index (χ2n) is 9.05. The molecule has 0 aliphatic carbocycles. The van der Waals surface area contributed by atoms with Crippen LogP contribution in [0.15, 0.2) is 60.8 Å². The molecule has 9 heteroatoms. The van der Waals surface area contributed by atoms with Gasteiger partial charge in [-0.3, -0.25) is 9.59 Å². The molecule has 2 aromatic carbocycles. The average molecular weight is 499 g/mol. The van der Waals surface area contributed by atoms with E-state index in [0.29, 0.717) is 37.9 Å². The third-order valence-corrected chi connectivity index (χ3v) is 6.68. The van der Waals surface area contributed by atoms with E-state index in [1.807, 2.05) is 37.3 Å². The first kappa shape index (κ1) is 25.5. The Morgan fingerprint density at radius 3 is 2.31 bits per heavy atom. The number of aryl methyl sites for hydroxylation is 1. The largest absolute Gasteiger partial charge is 0.434 e. The Morgan fingerprint density at radius 2 is 1.69 bits per heavy atom. The zero-order valence-corrected chi connectivity index (χ0v) is 20.3. The molecule has 0 unspecified atom stereocenters. The second kappa shape index (κ2) is 10.6. The van der Waals surface area contributed by atoms with E-state index in [9.17, 15) is 22.8 Å². The van der Waals surface area contributed by atoms with Gasteiger partial charge in [-0.05, 0) is 43.4 Å².